The molecule has 3 N–H and O–H groups in total. The van der Waals surface area contributed by atoms with E-state index >= 15 is 0 Å². The number of hydrogen-bond donors (Lipinski definition) is 3. The Balaban J connectivity index is 1.67. The molecule has 1 aromatic carbocycles. The Hall–Kier alpha value is -2.44. The Bertz CT molecular complexity index is 674. The number of carbonyl (C=O) groups is 1. The number of rotatable bonds is 13. The lowest BCUT2D eigenvalue weighted by molar-refractivity contribution is -0.127. The standard InChI is InChI=1S/C23H38N4O3/c1-4-24-23(27-16-8-15-25-22(28)19-10-6-11-19)26-14-7-9-18-12-13-20(29-3)21(17-18)30-5-2/h12-13,17,19H,4-11,14-16H2,1-3H3,(H,25,28)(H2,24,26,27). The molecule has 0 radical (unpaired) electrons. The zero-order valence-electron chi connectivity index (χ0n) is 18.8. The lowest BCUT2D eigenvalue weighted by Crippen LogP contribution is -2.38. The molecule has 1 saturated carbocycles. The van der Waals surface area contributed by atoms with E-state index in [0.717, 1.165) is 62.7 Å². The summed E-state index contributed by atoms with van der Waals surface area (Å²) in [6.45, 7) is 7.69. The molecule has 0 atom stereocenters. The monoisotopic (exact) mass is 418 g/mol. The number of carbonyl (C=O) groups excluding carboxylic acids is 1. The Labute approximate surface area is 181 Å². The van der Waals surface area contributed by atoms with Gasteiger partial charge in [0.25, 0.3) is 0 Å². The smallest absolute Gasteiger partial charge is 0.223 e. The quantitative estimate of drug-likeness (QED) is 0.261. The van der Waals surface area contributed by atoms with Crippen molar-refractivity contribution in [2.24, 2.45) is 10.9 Å². The molecule has 0 unspecified atom stereocenters. The van der Waals surface area contributed by atoms with E-state index in [2.05, 4.69) is 40.0 Å². The van der Waals surface area contributed by atoms with Gasteiger partial charge in [-0.25, -0.2) is 0 Å². The Morgan fingerprint density at radius 2 is 1.90 bits per heavy atom. The average molecular weight is 419 g/mol. The SMILES string of the molecule is CCNC(=NCCCNC(=O)C1CCC1)NCCCc1ccc(OC)c(OCC)c1. The molecule has 1 aliphatic carbocycles. The number of methoxy groups -OCH3 is 1. The molecule has 0 bridgehead atoms. The molecule has 1 amide bonds. The van der Waals surface area contributed by atoms with Crippen molar-refractivity contribution in [1.82, 2.24) is 16.0 Å². The minimum atomic E-state index is 0.210. The number of benzene rings is 1. The van der Waals surface area contributed by atoms with Gasteiger partial charge in [-0.2, -0.15) is 0 Å². The maximum absolute atomic E-state index is 11.8. The van der Waals surface area contributed by atoms with Gasteiger partial charge in [0.2, 0.25) is 5.91 Å². The highest BCUT2D eigenvalue weighted by atomic mass is 16.5. The molecule has 1 fully saturated rings. The minimum absolute atomic E-state index is 0.210. The van der Waals surface area contributed by atoms with E-state index in [0.29, 0.717) is 19.7 Å². The lowest BCUT2D eigenvalue weighted by atomic mass is 9.85. The molecule has 0 saturated heterocycles. The van der Waals surface area contributed by atoms with Gasteiger partial charge in [-0.3, -0.25) is 9.79 Å². The summed E-state index contributed by atoms with van der Waals surface area (Å²) in [5, 5.41) is 9.67. The fourth-order valence-electron chi connectivity index (χ4n) is 3.28. The molecule has 0 aliphatic heterocycles. The second-order valence-corrected chi connectivity index (χ2v) is 7.48. The molecule has 2 rings (SSSR count). The Morgan fingerprint density at radius 3 is 2.57 bits per heavy atom. The van der Waals surface area contributed by atoms with Crippen LogP contribution in [0.5, 0.6) is 11.5 Å². The van der Waals surface area contributed by atoms with E-state index in [1.807, 2.05) is 13.0 Å². The molecule has 168 valence electrons. The highest BCUT2D eigenvalue weighted by Gasteiger charge is 2.24. The van der Waals surface area contributed by atoms with Gasteiger partial charge in [0.15, 0.2) is 17.5 Å². The molecular formula is C23H38N4O3. The van der Waals surface area contributed by atoms with Gasteiger partial charge >= 0.3 is 0 Å². The van der Waals surface area contributed by atoms with E-state index < -0.39 is 0 Å². The number of guanidine groups is 1. The summed E-state index contributed by atoms with van der Waals surface area (Å²) in [5.74, 6) is 2.85. The van der Waals surface area contributed by atoms with Gasteiger partial charge in [0.05, 0.1) is 13.7 Å². The topological polar surface area (TPSA) is 84.0 Å². The number of ether oxygens (including phenoxy) is 2. The summed E-state index contributed by atoms with van der Waals surface area (Å²) >= 11 is 0. The van der Waals surface area contributed by atoms with E-state index in [4.69, 9.17) is 9.47 Å². The maximum Gasteiger partial charge on any atom is 0.223 e. The summed E-state index contributed by atoms with van der Waals surface area (Å²) in [7, 11) is 1.66. The third-order valence-corrected chi connectivity index (χ3v) is 5.19. The first kappa shape index (κ1) is 23.8. The lowest BCUT2D eigenvalue weighted by Gasteiger charge is -2.23. The highest BCUT2D eigenvalue weighted by Crippen LogP contribution is 2.28. The first-order valence-corrected chi connectivity index (χ1v) is 11.3. The van der Waals surface area contributed by atoms with Crippen LogP contribution in [0.3, 0.4) is 0 Å². The van der Waals surface area contributed by atoms with E-state index in [1.165, 1.54) is 12.0 Å². The van der Waals surface area contributed by atoms with Crippen molar-refractivity contribution in [3.05, 3.63) is 23.8 Å². The fourth-order valence-corrected chi connectivity index (χ4v) is 3.28. The fraction of sp³-hybridized carbons (Fsp3) is 0.652. The molecule has 0 spiro atoms. The summed E-state index contributed by atoms with van der Waals surface area (Å²) in [6, 6.07) is 6.10. The third-order valence-electron chi connectivity index (χ3n) is 5.19. The van der Waals surface area contributed by atoms with Crippen LogP contribution in [0.25, 0.3) is 0 Å². The molecule has 30 heavy (non-hydrogen) atoms. The van der Waals surface area contributed by atoms with Crippen LogP contribution in [-0.2, 0) is 11.2 Å². The van der Waals surface area contributed by atoms with Gasteiger partial charge in [-0.15, -0.1) is 0 Å². The number of amides is 1. The maximum atomic E-state index is 11.8. The number of nitrogens with zero attached hydrogens (tertiary/aromatic N) is 1. The van der Waals surface area contributed by atoms with Gasteiger partial charge in [0.1, 0.15) is 0 Å². The number of nitrogens with one attached hydrogen (secondary N) is 3. The predicted molar refractivity (Wildman–Crippen MR) is 121 cm³/mol. The Kier molecular flexibility index (Phi) is 10.9. The summed E-state index contributed by atoms with van der Waals surface area (Å²) in [5.41, 5.74) is 1.23. The van der Waals surface area contributed by atoms with Gasteiger partial charge in [0, 0.05) is 32.1 Å². The average Bonchev–Trinajstić information content (AvgIpc) is 2.70. The van der Waals surface area contributed by atoms with Crippen LogP contribution in [-0.4, -0.2) is 51.8 Å². The van der Waals surface area contributed by atoms with Crippen molar-refractivity contribution in [3.63, 3.8) is 0 Å². The van der Waals surface area contributed by atoms with Crippen LogP contribution in [0.15, 0.2) is 23.2 Å². The van der Waals surface area contributed by atoms with Crippen molar-refractivity contribution < 1.29 is 14.3 Å². The summed E-state index contributed by atoms with van der Waals surface area (Å²) in [6.07, 6.45) is 6.06. The van der Waals surface area contributed by atoms with Crippen LogP contribution >= 0.6 is 0 Å². The van der Waals surface area contributed by atoms with Crippen LogP contribution in [0.1, 0.15) is 51.5 Å². The van der Waals surface area contributed by atoms with Crippen LogP contribution in [0.4, 0.5) is 0 Å². The molecule has 7 nitrogen and oxygen atoms in total. The first-order chi connectivity index (χ1) is 14.7. The van der Waals surface area contributed by atoms with Gasteiger partial charge in [-0.1, -0.05) is 12.5 Å². The largest absolute Gasteiger partial charge is 0.493 e. The molecular weight excluding hydrogens is 380 g/mol. The number of hydrogen-bond acceptors (Lipinski definition) is 4. The zero-order valence-corrected chi connectivity index (χ0v) is 18.8. The van der Waals surface area contributed by atoms with Crippen LogP contribution in [0, 0.1) is 5.92 Å². The van der Waals surface area contributed by atoms with Crippen molar-refractivity contribution in [2.75, 3.05) is 39.9 Å². The van der Waals surface area contributed by atoms with Crippen molar-refractivity contribution in [3.8, 4) is 11.5 Å². The first-order valence-electron chi connectivity index (χ1n) is 11.3. The van der Waals surface area contributed by atoms with E-state index in [1.54, 1.807) is 7.11 Å². The zero-order chi connectivity index (χ0) is 21.6. The van der Waals surface area contributed by atoms with Crippen LogP contribution in [0.2, 0.25) is 0 Å². The molecule has 1 aromatic rings. The number of aryl methyl sites for hydroxylation is 1. The van der Waals surface area contributed by atoms with Crippen molar-refractivity contribution in [2.45, 2.75) is 52.4 Å². The Morgan fingerprint density at radius 1 is 1.10 bits per heavy atom. The highest BCUT2D eigenvalue weighted by molar-refractivity contribution is 5.80. The predicted octanol–water partition coefficient (Wildman–Crippen LogP) is 2.89. The minimum Gasteiger partial charge on any atom is -0.493 e. The van der Waals surface area contributed by atoms with Gasteiger partial charge < -0.3 is 25.4 Å². The third kappa shape index (κ3) is 8.13. The summed E-state index contributed by atoms with van der Waals surface area (Å²) < 4.78 is 11.0. The number of aliphatic imine (C=N–C) groups is 1. The van der Waals surface area contributed by atoms with Gasteiger partial charge in [-0.05, 0) is 63.6 Å². The summed E-state index contributed by atoms with van der Waals surface area (Å²) in [4.78, 5) is 16.4. The van der Waals surface area contributed by atoms with E-state index in [-0.39, 0.29) is 11.8 Å². The molecule has 7 heteroatoms. The van der Waals surface area contributed by atoms with Crippen molar-refractivity contribution in [1.29, 1.82) is 0 Å². The molecule has 1 aliphatic rings. The second kappa shape index (κ2) is 13.7. The van der Waals surface area contributed by atoms with E-state index in [9.17, 15) is 4.79 Å². The van der Waals surface area contributed by atoms with Crippen LogP contribution < -0.4 is 25.4 Å². The molecule has 0 aromatic heterocycles. The molecule has 0 heterocycles. The van der Waals surface area contributed by atoms with Crippen molar-refractivity contribution >= 4 is 11.9 Å². The second-order valence-electron chi connectivity index (χ2n) is 7.48. The normalized spacial score (nSPS) is 14.0.